The first-order valence-electron chi connectivity index (χ1n) is 7.26. The molecule has 0 aliphatic rings. The SMILES string of the molecule is CCc1nnsc1C(=O)NCc1ccc(Cn2cncn2)cc1. The molecule has 8 heteroatoms. The molecule has 0 atom stereocenters. The molecule has 0 unspecified atom stereocenters. The van der Waals surface area contributed by atoms with Gasteiger partial charge in [0.25, 0.3) is 5.91 Å². The van der Waals surface area contributed by atoms with Crippen molar-refractivity contribution in [2.24, 2.45) is 0 Å². The number of hydrogen-bond acceptors (Lipinski definition) is 6. The van der Waals surface area contributed by atoms with Crippen molar-refractivity contribution in [1.82, 2.24) is 29.7 Å². The maximum Gasteiger partial charge on any atom is 0.265 e. The van der Waals surface area contributed by atoms with Crippen molar-refractivity contribution in [3.8, 4) is 0 Å². The molecule has 0 fully saturated rings. The van der Waals surface area contributed by atoms with Crippen molar-refractivity contribution in [2.45, 2.75) is 26.4 Å². The summed E-state index contributed by atoms with van der Waals surface area (Å²) >= 11 is 1.13. The summed E-state index contributed by atoms with van der Waals surface area (Å²) in [6.45, 7) is 3.11. The van der Waals surface area contributed by atoms with Gasteiger partial charge in [-0.05, 0) is 29.1 Å². The minimum atomic E-state index is -0.122. The third-order valence-electron chi connectivity index (χ3n) is 3.38. The van der Waals surface area contributed by atoms with Gasteiger partial charge in [0.05, 0.1) is 12.2 Å². The van der Waals surface area contributed by atoms with Gasteiger partial charge in [-0.1, -0.05) is 35.7 Å². The van der Waals surface area contributed by atoms with Crippen LogP contribution in [0.5, 0.6) is 0 Å². The average molecular weight is 328 g/mol. The molecule has 1 N–H and O–H groups in total. The van der Waals surface area contributed by atoms with Crippen molar-refractivity contribution in [3.05, 3.63) is 58.6 Å². The van der Waals surface area contributed by atoms with Gasteiger partial charge in [0, 0.05) is 6.54 Å². The molecule has 1 amide bonds. The van der Waals surface area contributed by atoms with Gasteiger partial charge < -0.3 is 5.32 Å². The van der Waals surface area contributed by atoms with E-state index in [9.17, 15) is 4.79 Å². The van der Waals surface area contributed by atoms with Crippen molar-refractivity contribution < 1.29 is 4.79 Å². The Morgan fingerprint density at radius 3 is 2.74 bits per heavy atom. The smallest absolute Gasteiger partial charge is 0.265 e. The number of aromatic nitrogens is 5. The zero-order chi connectivity index (χ0) is 16.1. The molecule has 23 heavy (non-hydrogen) atoms. The highest BCUT2D eigenvalue weighted by molar-refractivity contribution is 7.08. The van der Waals surface area contributed by atoms with E-state index in [0.29, 0.717) is 24.4 Å². The molecule has 0 spiro atoms. The lowest BCUT2D eigenvalue weighted by Gasteiger charge is -2.06. The summed E-state index contributed by atoms with van der Waals surface area (Å²) in [5, 5.41) is 10.9. The Bertz CT molecular complexity index is 766. The zero-order valence-corrected chi connectivity index (χ0v) is 13.5. The molecule has 0 saturated heterocycles. The highest BCUT2D eigenvalue weighted by Gasteiger charge is 2.14. The Kier molecular flexibility index (Phi) is 4.72. The zero-order valence-electron chi connectivity index (χ0n) is 12.6. The third-order valence-corrected chi connectivity index (χ3v) is 4.15. The monoisotopic (exact) mass is 328 g/mol. The Morgan fingerprint density at radius 2 is 2.04 bits per heavy atom. The first-order valence-corrected chi connectivity index (χ1v) is 8.03. The summed E-state index contributed by atoms with van der Waals surface area (Å²) in [6.07, 6.45) is 3.90. The van der Waals surface area contributed by atoms with E-state index in [0.717, 1.165) is 28.4 Å². The van der Waals surface area contributed by atoms with Crippen LogP contribution in [0, 0.1) is 0 Å². The molecule has 0 radical (unpaired) electrons. The number of carbonyl (C=O) groups excluding carboxylic acids is 1. The lowest BCUT2D eigenvalue weighted by atomic mass is 10.1. The van der Waals surface area contributed by atoms with Crippen LogP contribution in [0.15, 0.2) is 36.9 Å². The van der Waals surface area contributed by atoms with Gasteiger partial charge in [0.15, 0.2) is 0 Å². The maximum absolute atomic E-state index is 12.1. The highest BCUT2D eigenvalue weighted by atomic mass is 32.1. The van der Waals surface area contributed by atoms with Crippen LogP contribution in [-0.2, 0) is 19.5 Å². The molecule has 1 aromatic carbocycles. The predicted octanol–water partition coefficient (Wildman–Crippen LogP) is 1.67. The number of benzene rings is 1. The molecular formula is C15H16N6OS. The van der Waals surface area contributed by atoms with Crippen LogP contribution < -0.4 is 5.32 Å². The van der Waals surface area contributed by atoms with Gasteiger partial charge in [0.1, 0.15) is 17.5 Å². The Labute approximate surface area is 137 Å². The number of nitrogens with zero attached hydrogens (tertiary/aromatic N) is 5. The minimum Gasteiger partial charge on any atom is -0.347 e. The van der Waals surface area contributed by atoms with Gasteiger partial charge in [0.2, 0.25) is 0 Å². The van der Waals surface area contributed by atoms with Crippen molar-refractivity contribution in [1.29, 1.82) is 0 Å². The van der Waals surface area contributed by atoms with Crippen LogP contribution in [0.3, 0.4) is 0 Å². The summed E-state index contributed by atoms with van der Waals surface area (Å²) < 4.78 is 5.60. The van der Waals surface area contributed by atoms with Crippen LogP contribution in [0.2, 0.25) is 0 Å². The topological polar surface area (TPSA) is 85.6 Å². The van der Waals surface area contributed by atoms with Crippen molar-refractivity contribution >= 4 is 17.4 Å². The number of carbonyl (C=O) groups is 1. The number of hydrogen-bond donors (Lipinski definition) is 1. The van der Waals surface area contributed by atoms with Crippen LogP contribution in [-0.4, -0.2) is 30.3 Å². The minimum absolute atomic E-state index is 0.122. The molecule has 118 valence electrons. The standard InChI is InChI=1S/C15H16N6OS/c1-2-13-14(23-20-19-13)15(22)17-7-11-3-5-12(6-4-11)8-21-10-16-9-18-21/h3-6,9-10H,2,7-8H2,1H3,(H,17,22). The fourth-order valence-corrected chi connectivity index (χ4v) is 2.81. The number of aryl methyl sites for hydroxylation is 1. The van der Waals surface area contributed by atoms with E-state index in [2.05, 4.69) is 25.0 Å². The van der Waals surface area contributed by atoms with Gasteiger partial charge in [-0.2, -0.15) is 5.10 Å². The summed E-state index contributed by atoms with van der Waals surface area (Å²) in [5.74, 6) is -0.122. The Hall–Kier alpha value is -2.61. The van der Waals surface area contributed by atoms with E-state index in [1.54, 1.807) is 11.0 Å². The average Bonchev–Trinajstić information content (AvgIpc) is 3.25. The van der Waals surface area contributed by atoms with Crippen molar-refractivity contribution in [2.75, 3.05) is 0 Å². The first-order chi connectivity index (χ1) is 11.3. The molecule has 0 aliphatic heterocycles. The molecule has 0 bridgehead atoms. The van der Waals surface area contributed by atoms with Crippen LogP contribution in [0.25, 0.3) is 0 Å². The fraction of sp³-hybridized carbons (Fsp3) is 0.267. The van der Waals surface area contributed by atoms with E-state index >= 15 is 0 Å². The first kappa shape index (κ1) is 15.3. The largest absolute Gasteiger partial charge is 0.347 e. The second-order valence-electron chi connectivity index (χ2n) is 4.99. The summed E-state index contributed by atoms with van der Waals surface area (Å²) in [4.78, 5) is 16.6. The van der Waals surface area contributed by atoms with E-state index in [4.69, 9.17) is 0 Å². The van der Waals surface area contributed by atoms with Gasteiger partial charge in [-0.15, -0.1) is 5.10 Å². The Balaban J connectivity index is 1.57. The fourth-order valence-electron chi connectivity index (χ4n) is 2.14. The van der Waals surface area contributed by atoms with Gasteiger partial charge >= 0.3 is 0 Å². The van der Waals surface area contributed by atoms with Gasteiger partial charge in [-0.3, -0.25) is 4.79 Å². The number of amides is 1. The van der Waals surface area contributed by atoms with E-state index in [1.165, 1.54) is 6.33 Å². The molecule has 0 saturated carbocycles. The van der Waals surface area contributed by atoms with Crippen LogP contribution in [0.4, 0.5) is 0 Å². The van der Waals surface area contributed by atoms with E-state index in [-0.39, 0.29) is 5.91 Å². The Morgan fingerprint density at radius 1 is 1.26 bits per heavy atom. The molecule has 3 rings (SSSR count). The molecular weight excluding hydrogens is 312 g/mol. The summed E-state index contributed by atoms with van der Waals surface area (Å²) in [5.41, 5.74) is 2.91. The number of nitrogens with one attached hydrogen (secondary N) is 1. The predicted molar refractivity (Wildman–Crippen MR) is 86.0 cm³/mol. The normalized spacial score (nSPS) is 10.7. The molecule has 0 aliphatic carbocycles. The third kappa shape index (κ3) is 3.78. The molecule has 7 nitrogen and oxygen atoms in total. The quantitative estimate of drug-likeness (QED) is 0.744. The summed E-state index contributed by atoms with van der Waals surface area (Å²) in [6, 6.07) is 8.04. The highest BCUT2D eigenvalue weighted by Crippen LogP contribution is 2.11. The second kappa shape index (κ2) is 7.10. The lowest BCUT2D eigenvalue weighted by molar-refractivity contribution is 0.0954. The molecule has 2 aromatic heterocycles. The maximum atomic E-state index is 12.1. The summed E-state index contributed by atoms with van der Waals surface area (Å²) in [7, 11) is 0. The lowest BCUT2D eigenvalue weighted by Crippen LogP contribution is -2.22. The molecule has 3 aromatic rings. The van der Waals surface area contributed by atoms with Gasteiger partial charge in [-0.25, -0.2) is 9.67 Å². The second-order valence-corrected chi connectivity index (χ2v) is 5.75. The van der Waals surface area contributed by atoms with Crippen molar-refractivity contribution in [3.63, 3.8) is 0 Å². The molecule has 2 heterocycles. The van der Waals surface area contributed by atoms with E-state index in [1.807, 2.05) is 31.2 Å². The van der Waals surface area contributed by atoms with E-state index < -0.39 is 0 Å². The van der Waals surface area contributed by atoms with Crippen LogP contribution >= 0.6 is 11.5 Å². The number of rotatable bonds is 6. The van der Waals surface area contributed by atoms with Crippen LogP contribution in [0.1, 0.15) is 33.4 Å².